The molecule has 4 N–H and O–H groups in total. The third-order valence-corrected chi connectivity index (χ3v) is 8.66. The van der Waals surface area contributed by atoms with E-state index in [-0.39, 0.29) is 29.8 Å². The van der Waals surface area contributed by atoms with Crippen molar-refractivity contribution >= 4 is 22.2 Å². The highest BCUT2D eigenvalue weighted by Crippen LogP contribution is 2.42. The zero-order valence-corrected chi connectivity index (χ0v) is 27.4. The van der Waals surface area contributed by atoms with Gasteiger partial charge in [-0.2, -0.15) is 0 Å². The highest BCUT2D eigenvalue weighted by molar-refractivity contribution is 7.13. The molecule has 0 aliphatic carbocycles. The molecular weight excluding hydrogens is 571 g/mol. The van der Waals surface area contributed by atoms with Gasteiger partial charge in [-0.05, 0) is 62.9 Å². The molecule has 2 fully saturated rings. The summed E-state index contributed by atoms with van der Waals surface area (Å²) in [5.41, 5.74) is 2.05. The number of hydrogen-bond donors (Lipinski definition) is 4. The Morgan fingerprint density at radius 3 is 2.53 bits per heavy atom. The van der Waals surface area contributed by atoms with Crippen molar-refractivity contribution in [1.82, 2.24) is 9.88 Å². The number of fused-ring (bicyclic) bond motifs is 1. The van der Waals surface area contributed by atoms with E-state index in [2.05, 4.69) is 20.1 Å². The summed E-state index contributed by atoms with van der Waals surface area (Å²) in [6.45, 7) is 8.28. The Bertz CT molecular complexity index is 1230. The Morgan fingerprint density at radius 1 is 1.16 bits per heavy atom. The number of nitrogens with one attached hydrogen (secondary N) is 1. The first-order valence-corrected chi connectivity index (χ1v) is 15.5. The van der Waals surface area contributed by atoms with Crippen LogP contribution in [0.1, 0.15) is 50.7 Å². The number of thiazole rings is 1. The molecule has 0 radical (unpaired) electrons. The molecule has 2 unspecified atom stereocenters. The van der Waals surface area contributed by atoms with E-state index >= 15 is 0 Å². The van der Waals surface area contributed by atoms with E-state index in [1.807, 2.05) is 50.7 Å². The molecule has 240 valence electrons. The zero-order chi connectivity index (χ0) is 32.0. The van der Waals surface area contributed by atoms with Crippen molar-refractivity contribution in [3.8, 4) is 17.2 Å². The highest BCUT2D eigenvalue weighted by Gasteiger charge is 2.48. The number of methoxy groups -OCH3 is 2. The number of aliphatic hydroxyl groups is 2. The standard InChI is InChI=1S/C16H23FN2O2.C13H16N2O2S.C2H6.CH4O/c1-11-7-15(21)14(8-13(11)17)18-10-16-4-2-6-19(16)12(9-20)3-5-16;1-15(13-14-6-7-18-13)9-10-4-5-11(16-2)8-12(10)17-3;2*1-2/h7-8,12,18,20-21H,2-6,9-10H2,1H3;4-8H,9H2,1-3H3;1-2H3;2H,1H3. The highest BCUT2D eigenvalue weighted by atomic mass is 32.1. The molecule has 0 saturated carbocycles. The van der Waals surface area contributed by atoms with Gasteiger partial charge in [0, 0.05) is 68.1 Å². The molecule has 5 rings (SSSR count). The number of aliphatic hydroxyl groups excluding tert-OH is 2. The minimum atomic E-state index is -0.310. The molecule has 43 heavy (non-hydrogen) atoms. The van der Waals surface area contributed by atoms with Gasteiger partial charge in [0.05, 0.1) is 26.5 Å². The number of aryl methyl sites for hydroxylation is 1. The Labute approximate surface area is 259 Å². The maximum absolute atomic E-state index is 13.6. The number of hydrogen-bond acceptors (Lipinski definition) is 10. The van der Waals surface area contributed by atoms with Crippen LogP contribution in [0.5, 0.6) is 17.2 Å². The summed E-state index contributed by atoms with van der Waals surface area (Å²) >= 11 is 1.62. The third kappa shape index (κ3) is 9.18. The van der Waals surface area contributed by atoms with Crippen molar-refractivity contribution in [2.75, 3.05) is 58.3 Å². The van der Waals surface area contributed by atoms with Gasteiger partial charge >= 0.3 is 0 Å². The minimum Gasteiger partial charge on any atom is -0.506 e. The van der Waals surface area contributed by atoms with Crippen molar-refractivity contribution < 1.29 is 29.2 Å². The third-order valence-electron chi connectivity index (χ3n) is 7.78. The number of nitrogens with zero attached hydrogens (tertiary/aromatic N) is 3. The molecule has 3 heterocycles. The number of aromatic nitrogens is 1. The predicted molar refractivity (Wildman–Crippen MR) is 173 cm³/mol. The largest absolute Gasteiger partial charge is 0.506 e. The summed E-state index contributed by atoms with van der Waals surface area (Å²) in [4.78, 5) is 8.76. The lowest BCUT2D eigenvalue weighted by Crippen LogP contribution is -2.48. The first-order valence-electron chi connectivity index (χ1n) is 14.7. The number of aromatic hydroxyl groups is 1. The van der Waals surface area contributed by atoms with Crippen molar-refractivity contribution in [2.24, 2.45) is 0 Å². The molecular formula is C32H49FN4O5S. The molecule has 3 aromatic rings. The lowest BCUT2D eigenvalue weighted by atomic mass is 9.94. The molecule has 2 atom stereocenters. The number of ether oxygens (including phenoxy) is 2. The van der Waals surface area contributed by atoms with Crippen molar-refractivity contribution in [3.63, 3.8) is 0 Å². The quantitative estimate of drug-likeness (QED) is 0.225. The number of halogens is 1. The van der Waals surface area contributed by atoms with E-state index in [0.717, 1.165) is 68.1 Å². The first-order chi connectivity index (χ1) is 20.8. The number of phenols is 1. The summed E-state index contributed by atoms with van der Waals surface area (Å²) < 4.78 is 24.2. The topological polar surface area (TPSA) is 111 Å². The Kier molecular flexibility index (Phi) is 15.0. The van der Waals surface area contributed by atoms with Gasteiger partial charge in [-0.15, -0.1) is 11.3 Å². The van der Waals surface area contributed by atoms with Gasteiger partial charge in [0.1, 0.15) is 23.1 Å². The molecule has 2 saturated heterocycles. The fourth-order valence-corrected chi connectivity index (χ4v) is 6.24. The molecule has 2 aromatic carbocycles. The van der Waals surface area contributed by atoms with Gasteiger partial charge in [0.2, 0.25) is 0 Å². The van der Waals surface area contributed by atoms with E-state index in [0.29, 0.717) is 17.8 Å². The average molecular weight is 621 g/mol. The smallest absolute Gasteiger partial charge is 0.185 e. The summed E-state index contributed by atoms with van der Waals surface area (Å²) in [5, 5.41) is 32.6. The van der Waals surface area contributed by atoms with E-state index in [1.54, 1.807) is 32.5 Å². The number of phenolic OH excluding ortho intramolecular Hbond substituents is 1. The van der Waals surface area contributed by atoms with Gasteiger partial charge in [-0.25, -0.2) is 9.37 Å². The van der Waals surface area contributed by atoms with E-state index in [1.165, 1.54) is 12.1 Å². The maximum Gasteiger partial charge on any atom is 0.185 e. The predicted octanol–water partition coefficient (Wildman–Crippen LogP) is 5.67. The minimum absolute atomic E-state index is 0.0429. The van der Waals surface area contributed by atoms with Crippen molar-refractivity contribution in [2.45, 2.75) is 64.6 Å². The van der Waals surface area contributed by atoms with Gasteiger partial charge < -0.3 is 35.0 Å². The van der Waals surface area contributed by atoms with Gasteiger partial charge in [-0.1, -0.05) is 13.8 Å². The monoisotopic (exact) mass is 620 g/mol. The Balaban J connectivity index is 0.000000272. The second-order valence-electron chi connectivity index (χ2n) is 10.2. The van der Waals surface area contributed by atoms with Crippen LogP contribution in [0.15, 0.2) is 41.9 Å². The summed E-state index contributed by atoms with van der Waals surface area (Å²) in [5.74, 6) is 1.41. The SMILES string of the molecule is CC.CO.COc1ccc(CN(C)c2nccs2)c(OC)c1.Cc1cc(O)c(NCC23CCCN2C(CO)CC3)cc1F. The van der Waals surface area contributed by atoms with Gasteiger partial charge in [-0.3, -0.25) is 4.90 Å². The van der Waals surface area contributed by atoms with E-state index in [4.69, 9.17) is 14.6 Å². The average Bonchev–Trinajstić information content (AvgIpc) is 3.79. The molecule has 2 aliphatic rings. The van der Waals surface area contributed by atoms with Gasteiger partial charge in [0.15, 0.2) is 5.13 Å². The van der Waals surface area contributed by atoms with Crippen LogP contribution in [0.25, 0.3) is 0 Å². The van der Waals surface area contributed by atoms with Crippen molar-refractivity contribution in [3.05, 3.63) is 58.9 Å². The number of anilines is 2. The number of benzene rings is 2. The van der Waals surface area contributed by atoms with Crippen LogP contribution in [-0.4, -0.2) is 84.9 Å². The fraction of sp³-hybridized carbons (Fsp3) is 0.531. The summed E-state index contributed by atoms with van der Waals surface area (Å²) in [6, 6.07) is 8.91. The molecule has 2 aliphatic heterocycles. The molecule has 1 aromatic heterocycles. The van der Waals surface area contributed by atoms with Crippen LogP contribution in [0.3, 0.4) is 0 Å². The second-order valence-corrected chi connectivity index (χ2v) is 11.1. The lowest BCUT2D eigenvalue weighted by Gasteiger charge is -2.35. The normalized spacial score (nSPS) is 18.6. The summed E-state index contributed by atoms with van der Waals surface area (Å²) in [7, 11) is 6.33. The van der Waals surface area contributed by atoms with Crippen LogP contribution in [-0.2, 0) is 6.54 Å². The van der Waals surface area contributed by atoms with Crippen LogP contribution >= 0.6 is 11.3 Å². The van der Waals surface area contributed by atoms with Crippen LogP contribution in [0, 0.1) is 12.7 Å². The molecule has 0 amide bonds. The van der Waals surface area contributed by atoms with Gasteiger partial charge in [0.25, 0.3) is 0 Å². The zero-order valence-electron chi connectivity index (χ0n) is 26.6. The van der Waals surface area contributed by atoms with Crippen LogP contribution in [0.2, 0.25) is 0 Å². The molecule has 11 heteroatoms. The van der Waals surface area contributed by atoms with Crippen LogP contribution in [0.4, 0.5) is 15.2 Å². The molecule has 0 bridgehead atoms. The number of rotatable bonds is 9. The molecule has 9 nitrogen and oxygen atoms in total. The Morgan fingerprint density at radius 2 is 1.91 bits per heavy atom. The first kappa shape index (κ1) is 36.1. The van der Waals surface area contributed by atoms with Crippen LogP contribution < -0.4 is 19.7 Å². The van der Waals surface area contributed by atoms with E-state index < -0.39 is 0 Å². The summed E-state index contributed by atoms with van der Waals surface area (Å²) in [6.07, 6.45) is 6.08. The fourth-order valence-electron chi connectivity index (χ4n) is 5.63. The lowest BCUT2D eigenvalue weighted by molar-refractivity contribution is 0.113. The molecule has 0 spiro atoms. The Hall–Kier alpha value is -3.12. The second kappa shape index (κ2) is 17.9. The maximum atomic E-state index is 13.6. The van der Waals surface area contributed by atoms with Crippen molar-refractivity contribution in [1.29, 1.82) is 0 Å². The van der Waals surface area contributed by atoms with E-state index in [9.17, 15) is 14.6 Å².